The van der Waals surface area contributed by atoms with Gasteiger partial charge in [0.1, 0.15) is 0 Å². The summed E-state index contributed by atoms with van der Waals surface area (Å²) in [5.74, 6) is -0.272. The summed E-state index contributed by atoms with van der Waals surface area (Å²) in [5, 5.41) is 5.62. The van der Waals surface area contributed by atoms with E-state index in [1.165, 1.54) is 6.08 Å². The van der Waals surface area contributed by atoms with Crippen LogP contribution in [0.1, 0.15) is 24.5 Å². The van der Waals surface area contributed by atoms with Gasteiger partial charge in [-0.2, -0.15) is 0 Å². The second-order valence-corrected chi connectivity index (χ2v) is 5.16. The predicted molar refractivity (Wildman–Crippen MR) is 94.2 cm³/mol. The van der Waals surface area contributed by atoms with Gasteiger partial charge in [0.05, 0.1) is 0 Å². The molecule has 118 valence electrons. The average molecular weight is 308 g/mol. The summed E-state index contributed by atoms with van der Waals surface area (Å²) >= 11 is 0. The van der Waals surface area contributed by atoms with Crippen molar-refractivity contribution in [2.75, 3.05) is 10.6 Å². The maximum absolute atomic E-state index is 12.0. The lowest BCUT2D eigenvalue weighted by Crippen LogP contribution is -2.12. The molecule has 0 aliphatic rings. The number of anilines is 2. The van der Waals surface area contributed by atoms with Gasteiger partial charge < -0.3 is 10.6 Å². The zero-order chi connectivity index (χ0) is 16.7. The largest absolute Gasteiger partial charge is 0.326 e. The quantitative estimate of drug-likeness (QED) is 0.820. The molecular formula is C19H20N2O2. The van der Waals surface area contributed by atoms with Crippen LogP contribution in [0, 0.1) is 6.92 Å². The summed E-state index contributed by atoms with van der Waals surface area (Å²) in [4.78, 5) is 23.5. The van der Waals surface area contributed by atoms with Crippen LogP contribution in [0.2, 0.25) is 0 Å². The van der Waals surface area contributed by atoms with Crippen LogP contribution in [0.25, 0.3) is 6.08 Å². The molecule has 0 spiro atoms. The van der Waals surface area contributed by atoms with Crippen LogP contribution in [0.15, 0.2) is 54.6 Å². The van der Waals surface area contributed by atoms with E-state index in [2.05, 4.69) is 10.6 Å². The lowest BCUT2D eigenvalue weighted by Gasteiger charge is -2.10. The number of aryl methyl sites for hydroxylation is 1. The van der Waals surface area contributed by atoms with Gasteiger partial charge in [-0.3, -0.25) is 9.59 Å². The van der Waals surface area contributed by atoms with Crippen molar-refractivity contribution in [2.24, 2.45) is 0 Å². The maximum Gasteiger partial charge on any atom is 0.248 e. The fourth-order valence-electron chi connectivity index (χ4n) is 1.99. The molecular weight excluding hydrogens is 288 g/mol. The second kappa shape index (κ2) is 7.94. The minimum absolute atomic E-state index is 0.0550. The highest BCUT2D eigenvalue weighted by Gasteiger charge is 2.05. The molecule has 0 saturated heterocycles. The summed E-state index contributed by atoms with van der Waals surface area (Å²) in [6.07, 6.45) is 3.65. The Kier molecular flexibility index (Phi) is 5.69. The molecule has 2 N–H and O–H groups in total. The van der Waals surface area contributed by atoms with Crippen molar-refractivity contribution in [3.63, 3.8) is 0 Å². The molecule has 23 heavy (non-hydrogen) atoms. The number of carbonyl (C=O) groups excluding carboxylic acids is 2. The van der Waals surface area contributed by atoms with Crippen molar-refractivity contribution in [3.8, 4) is 0 Å². The van der Waals surface area contributed by atoms with E-state index in [4.69, 9.17) is 0 Å². The lowest BCUT2D eigenvalue weighted by atomic mass is 10.1. The van der Waals surface area contributed by atoms with Crippen LogP contribution < -0.4 is 10.6 Å². The molecule has 0 fully saturated rings. The van der Waals surface area contributed by atoms with Crippen molar-refractivity contribution in [2.45, 2.75) is 20.3 Å². The highest BCUT2D eigenvalue weighted by Crippen LogP contribution is 2.20. The molecule has 2 aromatic carbocycles. The van der Waals surface area contributed by atoms with Gasteiger partial charge in [-0.15, -0.1) is 0 Å². The molecule has 0 saturated carbocycles. The number of rotatable bonds is 5. The van der Waals surface area contributed by atoms with Gasteiger partial charge in [0.25, 0.3) is 0 Å². The van der Waals surface area contributed by atoms with Gasteiger partial charge in [-0.05, 0) is 36.3 Å². The highest BCUT2D eigenvalue weighted by atomic mass is 16.2. The van der Waals surface area contributed by atoms with Gasteiger partial charge in [-0.1, -0.05) is 43.3 Å². The Morgan fingerprint density at radius 3 is 2.48 bits per heavy atom. The third-order valence-electron chi connectivity index (χ3n) is 3.33. The number of hydrogen-bond acceptors (Lipinski definition) is 2. The van der Waals surface area contributed by atoms with Crippen LogP contribution in [0.3, 0.4) is 0 Å². The first-order valence-corrected chi connectivity index (χ1v) is 7.53. The first-order valence-electron chi connectivity index (χ1n) is 7.53. The molecule has 2 rings (SSSR count). The van der Waals surface area contributed by atoms with Crippen LogP contribution in [0.4, 0.5) is 11.4 Å². The van der Waals surface area contributed by atoms with Crippen molar-refractivity contribution in [3.05, 3.63) is 65.7 Å². The number of benzene rings is 2. The Balaban J connectivity index is 2.05. The minimum atomic E-state index is -0.217. The summed E-state index contributed by atoms with van der Waals surface area (Å²) < 4.78 is 0. The summed E-state index contributed by atoms with van der Waals surface area (Å²) in [6, 6.07) is 15.0. The van der Waals surface area contributed by atoms with Gasteiger partial charge in [0.2, 0.25) is 11.8 Å². The number of hydrogen-bond donors (Lipinski definition) is 2. The molecule has 0 aliphatic carbocycles. The minimum Gasteiger partial charge on any atom is -0.326 e. The van der Waals surface area contributed by atoms with E-state index in [0.29, 0.717) is 17.8 Å². The Labute approximate surface area is 136 Å². The first-order chi connectivity index (χ1) is 11.1. The predicted octanol–water partition coefficient (Wildman–Crippen LogP) is 4.00. The fourth-order valence-corrected chi connectivity index (χ4v) is 1.99. The number of amides is 2. The van der Waals surface area contributed by atoms with Gasteiger partial charge >= 0.3 is 0 Å². The molecule has 4 nitrogen and oxygen atoms in total. The number of nitrogens with one attached hydrogen (secondary N) is 2. The molecule has 0 aromatic heterocycles. The third kappa shape index (κ3) is 5.11. The van der Waals surface area contributed by atoms with Gasteiger partial charge in [-0.25, -0.2) is 0 Å². The van der Waals surface area contributed by atoms with Crippen molar-refractivity contribution < 1.29 is 9.59 Å². The molecule has 0 unspecified atom stereocenters. The standard InChI is InChI=1S/C19H20N2O2/c1-3-18(22)21-17-13-16(11-9-14(17)2)20-19(23)12-10-15-7-5-4-6-8-15/h4-13H,3H2,1-2H3,(H,20,23)(H,21,22)/b12-10+. The third-order valence-corrected chi connectivity index (χ3v) is 3.33. The van der Waals surface area contributed by atoms with E-state index in [1.54, 1.807) is 19.1 Å². The first kappa shape index (κ1) is 16.5. The Hall–Kier alpha value is -2.88. The molecule has 0 bridgehead atoms. The summed E-state index contributed by atoms with van der Waals surface area (Å²) in [7, 11) is 0. The van der Waals surface area contributed by atoms with E-state index in [9.17, 15) is 9.59 Å². The Bertz CT molecular complexity index is 721. The summed E-state index contributed by atoms with van der Waals surface area (Å²) in [6.45, 7) is 3.71. The number of carbonyl (C=O) groups is 2. The fraction of sp³-hybridized carbons (Fsp3) is 0.158. The maximum atomic E-state index is 12.0. The monoisotopic (exact) mass is 308 g/mol. The topological polar surface area (TPSA) is 58.2 Å². The van der Waals surface area contributed by atoms with E-state index in [1.807, 2.05) is 49.4 Å². The van der Waals surface area contributed by atoms with E-state index >= 15 is 0 Å². The smallest absolute Gasteiger partial charge is 0.248 e. The van der Waals surface area contributed by atoms with Crippen molar-refractivity contribution in [1.82, 2.24) is 0 Å². The van der Waals surface area contributed by atoms with E-state index in [-0.39, 0.29) is 11.8 Å². The molecule has 2 amide bonds. The normalized spacial score (nSPS) is 10.5. The molecule has 4 heteroatoms. The van der Waals surface area contributed by atoms with Crippen molar-refractivity contribution >= 4 is 29.3 Å². The zero-order valence-electron chi connectivity index (χ0n) is 13.3. The molecule has 0 heterocycles. The van der Waals surface area contributed by atoms with Crippen molar-refractivity contribution in [1.29, 1.82) is 0 Å². The lowest BCUT2D eigenvalue weighted by molar-refractivity contribution is -0.116. The molecule has 0 radical (unpaired) electrons. The van der Waals surface area contributed by atoms with Gasteiger partial charge in [0.15, 0.2) is 0 Å². The molecule has 0 atom stereocenters. The SMILES string of the molecule is CCC(=O)Nc1cc(NC(=O)/C=C/c2ccccc2)ccc1C. The van der Waals surface area contributed by atoms with Crippen LogP contribution in [-0.2, 0) is 9.59 Å². The van der Waals surface area contributed by atoms with Crippen LogP contribution in [-0.4, -0.2) is 11.8 Å². The Morgan fingerprint density at radius 1 is 1.04 bits per heavy atom. The van der Waals surface area contributed by atoms with Crippen LogP contribution in [0.5, 0.6) is 0 Å². The highest BCUT2D eigenvalue weighted by molar-refractivity contribution is 6.02. The second-order valence-electron chi connectivity index (χ2n) is 5.16. The van der Waals surface area contributed by atoms with E-state index in [0.717, 1.165) is 11.1 Å². The van der Waals surface area contributed by atoms with E-state index < -0.39 is 0 Å². The molecule has 0 aliphatic heterocycles. The van der Waals surface area contributed by atoms with Gasteiger partial charge in [0, 0.05) is 23.9 Å². The average Bonchev–Trinajstić information content (AvgIpc) is 2.57. The summed E-state index contributed by atoms with van der Waals surface area (Å²) in [5.41, 5.74) is 3.26. The zero-order valence-corrected chi connectivity index (χ0v) is 13.3. The van der Waals surface area contributed by atoms with Crippen LogP contribution >= 0.6 is 0 Å². The molecule has 2 aromatic rings. The Morgan fingerprint density at radius 2 is 1.78 bits per heavy atom.